The lowest BCUT2D eigenvalue weighted by Gasteiger charge is -2.26. The Morgan fingerprint density at radius 2 is 1.57 bits per heavy atom. The molecule has 0 bridgehead atoms. The molecule has 2 rings (SSSR count). The minimum Gasteiger partial charge on any atom is -0.380 e. The molecule has 2 aliphatic rings. The smallest absolute Gasteiger partial charge is 0.380 e. The summed E-state index contributed by atoms with van der Waals surface area (Å²) < 4.78 is 47.4. The highest BCUT2D eigenvalue weighted by Crippen LogP contribution is 2.61. The Hall–Kier alpha value is 0.470. The molecule has 0 saturated carbocycles. The van der Waals surface area contributed by atoms with E-state index in [9.17, 15) is 4.57 Å². The van der Waals surface area contributed by atoms with E-state index in [0.717, 1.165) is 11.4 Å². The minimum atomic E-state index is -3.44. The largest absolute Gasteiger partial charge is 0.389 e. The van der Waals surface area contributed by atoms with Gasteiger partial charge in [-0.1, -0.05) is 0 Å². The fourth-order valence-corrected chi connectivity index (χ4v) is 5.36. The highest BCUT2D eigenvalue weighted by Gasteiger charge is 2.41. The van der Waals surface area contributed by atoms with Crippen LogP contribution in [-0.2, 0) is 32.6 Å². The summed E-state index contributed by atoms with van der Waals surface area (Å²) in [5.41, 5.74) is 0. The van der Waals surface area contributed by atoms with Gasteiger partial charge < -0.3 is 18.9 Å². The molecule has 0 amide bonds. The summed E-state index contributed by atoms with van der Waals surface area (Å²) in [5, 5.41) is 0. The van der Waals surface area contributed by atoms with Gasteiger partial charge in [-0.25, -0.2) is 4.57 Å². The number of hydrogen-bond acceptors (Lipinski definition) is 8. The van der Waals surface area contributed by atoms with E-state index in [1.54, 1.807) is 6.26 Å². The van der Waals surface area contributed by atoms with E-state index in [2.05, 4.69) is 0 Å². The predicted octanol–water partition coefficient (Wildman–Crippen LogP) is 2.64. The Morgan fingerprint density at radius 3 is 2.11 bits per heavy atom. The zero-order chi connectivity index (χ0) is 20.9. The molecule has 2 heterocycles. The van der Waals surface area contributed by atoms with Crippen LogP contribution < -0.4 is 0 Å². The summed E-state index contributed by atoms with van der Waals surface area (Å²) in [6, 6.07) is -0.910. The summed E-state index contributed by atoms with van der Waals surface area (Å²) in [6.07, 6.45) is 1.27. The molecule has 158 valence electrons. The summed E-state index contributed by atoms with van der Waals surface area (Å²) in [6.45, 7) is 4.69. The van der Waals surface area contributed by atoms with E-state index < -0.39 is 37.1 Å². The average Bonchev–Trinajstić information content (AvgIpc) is 3.12. The molecule has 2 saturated heterocycles. The monoisotopic (exact) mass is 432 g/mol. The van der Waals surface area contributed by atoms with Crippen molar-refractivity contribution >= 4 is 33.9 Å². The van der Waals surface area contributed by atoms with Crippen LogP contribution in [0.3, 0.4) is 0 Å². The third kappa shape index (κ3) is 7.62. The third-order valence-corrected chi connectivity index (χ3v) is 7.74. The Balaban J connectivity index is 1.93. The third-order valence-electron chi connectivity index (χ3n) is 4.38. The number of hydrogen-bond donors (Lipinski definition) is 0. The second kappa shape index (κ2) is 11.2. The van der Waals surface area contributed by atoms with Gasteiger partial charge in [0.15, 0.2) is 0 Å². The van der Waals surface area contributed by atoms with Gasteiger partial charge in [0.2, 0.25) is 0 Å². The lowest BCUT2D eigenvalue weighted by Crippen LogP contribution is -2.32. The van der Waals surface area contributed by atoms with Gasteiger partial charge in [-0.3, -0.25) is 9.05 Å². The first kappa shape index (κ1) is 24.7. The molecule has 1 unspecified atom stereocenters. The van der Waals surface area contributed by atoms with Crippen molar-refractivity contribution in [3.8, 4) is 0 Å². The molecule has 2 aliphatic heterocycles. The fourth-order valence-electron chi connectivity index (χ4n) is 3.14. The number of ether oxygens (including phenoxy) is 4. The molecule has 0 N–H and O–H groups in total. The highest BCUT2D eigenvalue weighted by atomic mass is 32.7. The molecule has 0 aliphatic carbocycles. The summed E-state index contributed by atoms with van der Waals surface area (Å²) in [5.74, 6) is 0. The quantitative estimate of drug-likeness (QED) is 0.365. The Kier molecular flexibility index (Phi) is 9.89. The SMILES string of the molecule is [B][C@H]1C[C@@H](OC(C)C)[C@@H](COP(=O)(O[C@@H]2C[C@H]([B])O[C@@H]2COC(C)C)SC)O1. The molecular formula is C17H31B2O7PS. The van der Waals surface area contributed by atoms with Crippen LogP contribution >= 0.6 is 18.2 Å². The van der Waals surface area contributed by atoms with E-state index in [-0.39, 0.29) is 24.9 Å². The maximum absolute atomic E-state index is 13.1. The topological polar surface area (TPSA) is 72.5 Å². The standard InChI is InChI=1S/C17H31B2O7PS/c1-10(2)21-8-14-13(7-17(19)24-14)26-27(20,28-5)22-9-15-12(23-11(3)4)6-16(18)25-15/h10-17H,6-9H2,1-5H3/t12-,13-,14-,15-,16-,17-,27?/m1/s1. The van der Waals surface area contributed by atoms with Crippen LogP contribution in [0.4, 0.5) is 0 Å². The van der Waals surface area contributed by atoms with Gasteiger partial charge in [0.05, 0.1) is 37.6 Å². The summed E-state index contributed by atoms with van der Waals surface area (Å²) >= 11 is 1.03. The molecule has 28 heavy (non-hydrogen) atoms. The van der Waals surface area contributed by atoms with Crippen LogP contribution in [0.15, 0.2) is 0 Å². The summed E-state index contributed by atoms with van der Waals surface area (Å²) in [7, 11) is 11.8. The van der Waals surface area contributed by atoms with Crippen LogP contribution in [0, 0.1) is 0 Å². The normalized spacial score (nSPS) is 35.7. The first-order valence-corrected chi connectivity index (χ1v) is 13.1. The molecule has 0 aromatic heterocycles. The molecule has 0 spiro atoms. The van der Waals surface area contributed by atoms with Crippen molar-refractivity contribution in [2.75, 3.05) is 19.5 Å². The molecule has 4 radical (unpaired) electrons. The van der Waals surface area contributed by atoms with Gasteiger partial charge in [0.25, 0.3) is 0 Å². The molecule has 0 aromatic carbocycles. The van der Waals surface area contributed by atoms with E-state index in [4.69, 9.17) is 43.7 Å². The van der Waals surface area contributed by atoms with Crippen LogP contribution in [0.5, 0.6) is 0 Å². The lowest BCUT2D eigenvalue weighted by atomic mass is 9.96. The maximum atomic E-state index is 13.1. The Labute approximate surface area is 175 Å². The van der Waals surface area contributed by atoms with E-state index >= 15 is 0 Å². The van der Waals surface area contributed by atoms with E-state index in [1.807, 2.05) is 27.7 Å². The predicted molar refractivity (Wildman–Crippen MR) is 111 cm³/mol. The van der Waals surface area contributed by atoms with Crippen molar-refractivity contribution in [2.24, 2.45) is 0 Å². The van der Waals surface area contributed by atoms with Gasteiger partial charge in [0, 0.05) is 12.0 Å². The number of rotatable bonds is 11. The average molecular weight is 432 g/mol. The van der Waals surface area contributed by atoms with Crippen molar-refractivity contribution < 1.29 is 32.6 Å². The van der Waals surface area contributed by atoms with Gasteiger partial charge in [-0.05, 0) is 58.2 Å². The van der Waals surface area contributed by atoms with Gasteiger partial charge >= 0.3 is 6.80 Å². The molecule has 11 heteroatoms. The van der Waals surface area contributed by atoms with Crippen molar-refractivity contribution in [2.45, 2.75) is 89.2 Å². The van der Waals surface area contributed by atoms with Crippen molar-refractivity contribution in [1.29, 1.82) is 0 Å². The molecule has 2 fully saturated rings. The van der Waals surface area contributed by atoms with Crippen molar-refractivity contribution in [3.63, 3.8) is 0 Å². The van der Waals surface area contributed by atoms with Crippen LogP contribution in [0.25, 0.3) is 0 Å². The second-order valence-electron chi connectivity index (χ2n) is 7.57. The minimum absolute atomic E-state index is 0.0313. The van der Waals surface area contributed by atoms with Gasteiger partial charge in [0.1, 0.15) is 27.9 Å². The molecular weight excluding hydrogens is 401 g/mol. The zero-order valence-electron chi connectivity index (χ0n) is 17.3. The van der Waals surface area contributed by atoms with Gasteiger partial charge in [-0.2, -0.15) is 0 Å². The van der Waals surface area contributed by atoms with E-state index in [0.29, 0.717) is 19.4 Å². The zero-order valence-corrected chi connectivity index (χ0v) is 19.0. The Bertz CT molecular complexity index is 528. The molecule has 7 nitrogen and oxygen atoms in total. The van der Waals surface area contributed by atoms with Crippen molar-refractivity contribution in [3.05, 3.63) is 0 Å². The van der Waals surface area contributed by atoms with Crippen LogP contribution in [0.2, 0.25) is 0 Å². The molecule has 0 aromatic rings. The Morgan fingerprint density at radius 1 is 1.00 bits per heavy atom. The van der Waals surface area contributed by atoms with Crippen LogP contribution in [0.1, 0.15) is 40.5 Å². The van der Waals surface area contributed by atoms with Crippen molar-refractivity contribution in [1.82, 2.24) is 0 Å². The first-order valence-electron chi connectivity index (χ1n) is 9.69. The van der Waals surface area contributed by atoms with Gasteiger partial charge in [-0.15, -0.1) is 0 Å². The summed E-state index contributed by atoms with van der Waals surface area (Å²) in [4.78, 5) is 0. The lowest BCUT2D eigenvalue weighted by molar-refractivity contribution is -0.0593. The van der Waals surface area contributed by atoms with Crippen LogP contribution in [-0.4, -0.2) is 83.8 Å². The highest BCUT2D eigenvalue weighted by molar-refractivity contribution is 8.54. The first-order chi connectivity index (χ1) is 13.1. The second-order valence-corrected chi connectivity index (χ2v) is 11.7. The molecule has 7 atom stereocenters. The van der Waals surface area contributed by atoms with E-state index in [1.165, 1.54) is 0 Å². The fraction of sp³-hybridized carbons (Fsp3) is 1.00. The maximum Gasteiger partial charge on any atom is 0.389 e.